The van der Waals surface area contributed by atoms with Gasteiger partial charge in [-0.2, -0.15) is 0 Å². The minimum atomic E-state index is -4.42. The van der Waals surface area contributed by atoms with Crippen LogP contribution in [0.15, 0.2) is 94.0 Å². The SMILES string of the molecule is C=C1C[C@H](CCCO)OC1CC[C@H]1CC(C)C(=C)C(C[C@@H]2O[C@H](C[C@@H](CN3C(=O)c4ccccc4C3=O)O[Si](C)(C)C(C)(C)C)[C@H](OC)[C@H]2C(C(O)C[C@H]2CC[C@@H]3OC([C@@H](C)/C=C/I)[C@@H](O[Si](C)(C)C(C)(C)C)[C@@H](C)[C@H]3O2)S(=O)(=O)c2ccccc2)O1. The number of nitrogens with zero attached hydrogens (tertiary/aromatic N) is 1. The summed E-state index contributed by atoms with van der Waals surface area (Å²) in [5.74, 6) is -1.76. The van der Waals surface area contributed by atoms with E-state index in [4.69, 9.17) is 37.3 Å². The molecule has 0 aromatic heterocycles. The van der Waals surface area contributed by atoms with Crippen molar-refractivity contribution in [2.75, 3.05) is 20.3 Å². The number of hydrogen-bond donors (Lipinski definition) is 2. The maximum absolute atomic E-state index is 16.0. The van der Waals surface area contributed by atoms with Crippen molar-refractivity contribution in [1.29, 1.82) is 0 Å². The summed E-state index contributed by atoms with van der Waals surface area (Å²) >= 11 is 2.26. The van der Waals surface area contributed by atoms with E-state index in [9.17, 15) is 19.8 Å². The lowest BCUT2D eigenvalue weighted by Gasteiger charge is -2.53. The average Bonchev–Trinajstić information content (AvgIpc) is 1.78. The van der Waals surface area contributed by atoms with E-state index in [0.717, 1.165) is 30.4 Å². The first kappa shape index (κ1) is 70.4. The predicted octanol–water partition coefficient (Wildman–Crippen LogP) is 13.0. The predicted molar refractivity (Wildman–Crippen MR) is 354 cm³/mol. The molecule has 6 aliphatic rings. The number of hydrogen-bond acceptors (Lipinski definition) is 14. The second kappa shape index (κ2) is 28.8. The van der Waals surface area contributed by atoms with Gasteiger partial charge in [-0.25, -0.2) is 8.42 Å². The largest absolute Gasteiger partial charge is 0.412 e. The van der Waals surface area contributed by atoms with Gasteiger partial charge in [0.15, 0.2) is 26.5 Å². The molecule has 0 spiro atoms. The third-order valence-corrected chi connectivity index (χ3v) is 32.7. The molecule has 6 heterocycles. The van der Waals surface area contributed by atoms with E-state index in [1.54, 1.807) is 61.7 Å². The van der Waals surface area contributed by atoms with E-state index in [2.05, 4.69) is 130 Å². The molecule has 0 aliphatic carbocycles. The summed E-state index contributed by atoms with van der Waals surface area (Å²) in [4.78, 5) is 29.6. The van der Waals surface area contributed by atoms with Crippen LogP contribution in [0.2, 0.25) is 36.3 Å². The quantitative estimate of drug-likeness (QED) is 0.0414. The zero-order chi connectivity index (χ0) is 63.7. The van der Waals surface area contributed by atoms with Gasteiger partial charge in [0.05, 0.1) is 113 Å². The van der Waals surface area contributed by atoms with Crippen LogP contribution < -0.4 is 0 Å². The van der Waals surface area contributed by atoms with E-state index in [0.29, 0.717) is 43.2 Å². The Morgan fingerprint density at radius 3 is 2.03 bits per heavy atom. The molecule has 0 saturated carbocycles. The number of methoxy groups -OCH3 is 1. The van der Waals surface area contributed by atoms with Gasteiger partial charge in [0, 0.05) is 50.7 Å². The molecule has 19 atom stereocenters. The van der Waals surface area contributed by atoms with Crippen LogP contribution in [0.4, 0.5) is 0 Å². The first-order valence-corrected chi connectivity index (χ1v) is 40.7. The van der Waals surface area contributed by atoms with Gasteiger partial charge in [-0.05, 0) is 133 Å². The molecule has 6 aliphatic heterocycles. The molecule has 2 N–H and O–H groups in total. The summed E-state index contributed by atoms with van der Waals surface area (Å²) in [5, 5.41) is 21.0. The van der Waals surface area contributed by atoms with Gasteiger partial charge in [-0.1, -0.05) is 134 Å². The van der Waals surface area contributed by atoms with Gasteiger partial charge in [0.2, 0.25) is 0 Å². The van der Waals surface area contributed by atoms with Crippen LogP contribution in [0.25, 0.3) is 0 Å². The van der Waals surface area contributed by atoms with E-state index < -0.39 is 92.2 Å². The van der Waals surface area contributed by atoms with E-state index in [1.165, 1.54) is 4.90 Å². The van der Waals surface area contributed by atoms with Gasteiger partial charge < -0.3 is 47.5 Å². The first-order chi connectivity index (χ1) is 40.8. The van der Waals surface area contributed by atoms with Gasteiger partial charge in [0.1, 0.15) is 0 Å². The van der Waals surface area contributed by atoms with Crippen molar-refractivity contribution in [3.05, 3.63) is 100 Å². The minimum absolute atomic E-state index is 0.000134. The van der Waals surface area contributed by atoms with Crippen LogP contribution in [0.1, 0.15) is 154 Å². The van der Waals surface area contributed by atoms with Crippen LogP contribution in [-0.2, 0) is 47.1 Å². The highest BCUT2D eigenvalue weighted by Crippen LogP contribution is 2.49. The van der Waals surface area contributed by atoms with Crippen molar-refractivity contribution in [2.24, 2.45) is 23.7 Å². The minimum Gasteiger partial charge on any atom is -0.412 e. The first-order valence-electron chi connectivity index (χ1n) is 32.1. The monoisotopic (exact) mass is 1370 g/mol. The third-order valence-electron chi connectivity index (χ3n) is 21.0. The number of amides is 2. The number of benzene rings is 2. The highest BCUT2D eigenvalue weighted by atomic mass is 127. The molecule has 486 valence electrons. The molecule has 5 fully saturated rings. The fourth-order valence-corrected chi connectivity index (χ4v) is 19.5. The highest BCUT2D eigenvalue weighted by molar-refractivity contribution is 14.1. The van der Waals surface area contributed by atoms with Crippen LogP contribution in [0.5, 0.6) is 0 Å². The normalized spacial score (nSPS) is 32.6. The summed E-state index contributed by atoms with van der Waals surface area (Å²) in [5.41, 5.74) is 2.58. The molecule has 87 heavy (non-hydrogen) atoms. The molecule has 19 heteroatoms. The Morgan fingerprint density at radius 2 is 1.43 bits per heavy atom. The molecule has 0 radical (unpaired) electrons. The molecular formula is C68H104INO14SSi2. The number of halogens is 1. The Balaban J connectivity index is 1.15. The number of aliphatic hydroxyl groups is 2. The van der Waals surface area contributed by atoms with Crippen molar-refractivity contribution >= 4 is 60.9 Å². The lowest BCUT2D eigenvalue weighted by molar-refractivity contribution is -0.248. The maximum Gasteiger partial charge on any atom is 0.261 e. The lowest BCUT2D eigenvalue weighted by atomic mass is 9.79. The van der Waals surface area contributed by atoms with Gasteiger partial charge in [-0.3, -0.25) is 14.5 Å². The Bertz CT molecular complexity index is 2810. The standard InChI is InChI=1S/C68H104INO14SSi2/c1-41(32-33-69)60-62(84-87(15,16)68(9,10)11)45(5)61-55(82-60)31-29-48(80-61)37-53(72)64(85(75,76)50-24-18-17-19-25-50)59-57(39-56-44(4)42(2)35-47(79-56)28-30-54-43(3)36-46(78-54)23-22-34-71)81-58(63(59)77-12)38-49(83-86(13,14)67(6,7)8)40-70-65(73)51-26-20-21-27-52(51)66(70)74/h17-21,24-27,32-33,41-42,45-49,53-64,71-72H,3-4,22-23,28-31,34-40H2,1-2,5-16H3/b33-32+/t41-,42?,45-,46-,47-,48+,49-,53?,54?,55-,56?,57-,58+,59-,60?,61+,62-,63-,64?/m0/s1. The molecular weight excluding hydrogens is 1270 g/mol. The number of aliphatic hydroxyl groups excluding tert-OH is 2. The van der Waals surface area contributed by atoms with Crippen molar-refractivity contribution in [3.63, 3.8) is 0 Å². The zero-order valence-electron chi connectivity index (χ0n) is 54.5. The second-order valence-corrected chi connectivity index (χ2v) is 41.5. The van der Waals surface area contributed by atoms with Crippen LogP contribution in [-0.4, -0.2) is 163 Å². The summed E-state index contributed by atoms with van der Waals surface area (Å²) in [6, 6.07) is 15.2. The second-order valence-electron chi connectivity index (χ2n) is 29.2. The van der Waals surface area contributed by atoms with Gasteiger partial charge in [0.25, 0.3) is 11.8 Å². The van der Waals surface area contributed by atoms with Crippen LogP contribution >= 0.6 is 22.6 Å². The highest BCUT2D eigenvalue weighted by Gasteiger charge is 2.58. The fraction of sp³-hybridized carbons (Fsp3) is 0.706. The van der Waals surface area contributed by atoms with Crippen molar-refractivity contribution in [3.8, 4) is 0 Å². The van der Waals surface area contributed by atoms with E-state index in [1.807, 2.05) is 4.08 Å². The third kappa shape index (κ3) is 15.8. The zero-order valence-corrected chi connectivity index (χ0v) is 59.4. The van der Waals surface area contributed by atoms with Gasteiger partial charge >= 0.3 is 0 Å². The topological polar surface area (TPSA) is 186 Å². The van der Waals surface area contributed by atoms with Crippen molar-refractivity contribution < 1.29 is 65.5 Å². The number of sulfone groups is 1. The van der Waals surface area contributed by atoms with E-state index in [-0.39, 0.29) is 108 Å². The molecule has 5 saturated heterocycles. The van der Waals surface area contributed by atoms with E-state index >= 15 is 8.42 Å². The molecule has 6 unspecified atom stereocenters. The molecule has 2 amide bonds. The summed E-state index contributed by atoms with van der Waals surface area (Å²) in [6.45, 7) is 37.4. The summed E-state index contributed by atoms with van der Waals surface area (Å²) in [7, 11) is -7.83. The Labute approximate surface area is 536 Å². The van der Waals surface area contributed by atoms with Crippen LogP contribution in [0.3, 0.4) is 0 Å². The number of rotatable bonds is 25. The van der Waals surface area contributed by atoms with Crippen LogP contribution in [0, 0.1) is 23.7 Å². The molecule has 2 aromatic rings. The number of carbonyl (C=O) groups is 2. The smallest absolute Gasteiger partial charge is 0.261 e. The Morgan fingerprint density at radius 1 is 0.793 bits per heavy atom. The Kier molecular flexibility index (Phi) is 23.3. The molecule has 2 aromatic carbocycles. The van der Waals surface area contributed by atoms with Gasteiger partial charge in [-0.15, -0.1) is 0 Å². The Hall–Kier alpha value is -2.49. The molecule has 0 bridgehead atoms. The number of ether oxygens (including phenoxy) is 6. The molecule has 15 nitrogen and oxygen atoms in total. The van der Waals surface area contributed by atoms with Crippen molar-refractivity contribution in [1.82, 2.24) is 4.90 Å². The number of fused-ring (bicyclic) bond motifs is 2. The number of imide groups is 1. The fourth-order valence-electron chi connectivity index (χ4n) is 13.9. The lowest BCUT2D eigenvalue weighted by Crippen LogP contribution is -2.62. The average molecular weight is 1370 g/mol. The van der Waals surface area contributed by atoms with Crippen molar-refractivity contribution in [2.45, 2.75) is 265 Å². The maximum atomic E-state index is 16.0. The molecule has 8 rings (SSSR count). The summed E-state index contributed by atoms with van der Waals surface area (Å²) in [6.07, 6.45) is 0.680. The summed E-state index contributed by atoms with van der Waals surface area (Å²) < 4.78 is 90.3. The number of carbonyl (C=O) groups excluding carboxylic acids is 2.